The minimum atomic E-state index is -0.132. The number of likely N-dealkylation sites (tertiary alicyclic amines) is 1. The third-order valence-corrected chi connectivity index (χ3v) is 4.95. The molecule has 0 radical (unpaired) electrons. The fraction of sp³-hybridized carbons (Fsp3) is 0.900. The molecule has 0 aromatic carbocycles. The van der Waals surface area contributed by atoms with Gasteiger partial charge in [-0.1, -0.05) is 71.6 Å². The molecule has 24 heavy (non-hydrogen) atoms. The third kappa shape index (κ3) is 8.70. The van der Waals surface area contributed by atoms with Gasteiger partial charge in [-0.15, -0.1) is 0 Å². The van der Waals surface area contributed by atoms with Gasteiger partial charge >= 0.3 is 0 Å². The number of nitrogens with zero attached hydrogens (tertiary/aromatic N) is 1. The normalized spacial score (nSPS) is 17.5. The summed E-state index contributed by atoms with van der Waals surface area (Å²) in [4.78, 5) is 26.0. The highest BCUT2D eigenvalue weighted by Gasteiger charge is 2.33. The zero-order chi connectivity index (χ0) is 17.6. The molecule has 1 unspecified atom stereocenters. The quantitative estimate of drug-likeness (QED) is 0.481. The van der Waals surface area contributed by atoms with Gasteiger partial charge < -0.3 is 10.2 Å². The van der Waals surface area contributed by atoms with Crippen molar-refractivity contribution >= 4 is 11.8 Å². The molecular formula is C20H38N2O2. The lowest BCUT2D eigenvalue weighted by molar-refractivity contribution is -0.129. The Hall–Kier alpha value is -1.06. The van der Waals surface area contributed by atoms with Crippen molar-refractivity contribution in [2.24, 2.45) is 5.92 Å². The molecule has 140 valence electrons. The summed E-state index contributed by atoms with van der Waals surface area (Å²) in [7, 11) is 0. The predicted molar refractivity (Wildman–Crippen MR) is 99.8 cm³/mol. The highest BCUT2D eigenvalue weighted by molar-refractivity contribution is 5.89. The predicted octanol–water partition coefficient (Wildman–Crippen LogP) is 4.28. The lowest BCUT2D eigenvalue weighted by Crippen LogP contribution is -2.33. The monoisotopic (exact) mass is 338 g/mol. The molecule has 1 atom stereocenters. The van der Waals surface area contributed by atoms with Gasteiger partial charge in [-0.05, 0) is 12.8 Å². The van der Waals surface area contributed by atoms with Crippen LogP contribution in [0.1, 0.15) is 90.9 Å². The Morgan fingerprint density at radius 3 is 2.17 bits per heavy atom. The van der Waals surface area contributed by atoms with Crippen LogP contribution in [0.5, 0.6) is 0 Å². The van der Waals surface area contributed by atoms with Crippen molar-refractivity contribution in [3.05, 3.63) is 0 Å². The number of carbonyl (C=O) groups is 2. The Bertz CT molecular complexity index is 358. The number of amides is 2. The van der Waals surface area contributed by atoms with Gasteiger partial charge in [-0.25, -0.2) is 0 Å². The number of nitrogens with one attached hydrogen (secondary N) is 1. The number of unbranched alkanes of at least 4 members (excludes halogenated alkanes) is 9. The molecule has 0 aromatic rings. The standard InChI is InChI=1S/C20H38N2O2/c1-3-5-7-8-9-10-11-12-13-15-22-17-18(16-19(22)23)20(24)21-14-6-4-2/h18H,3-17H2,1-2H3,(H,21,24). The lowest BCUT2D eigenvalue weighted by atomic mass is 10.1. The molecule has 0 aromatic heterocycles. The third-order valence-electron chi connectivity index (χ3n) is 4.95. The van der Waals surface area contributed by atoms with Crippen molar-refractivity contribution in [2.45, 2.75) is 90.9 Å². The Balaban J connectivity index is 2.05. The summed E-state index contributed by atoms with van der Waals surface area (Å²) in [6.45, 7) is 6.54. The van der Waals surface area contributed by atoms with Gasteiger partial charge in [0.05, 0.1) is 5.92 Å². The van der Waals surface area contributed by atoms with Crippen LogP contribution in [0.4, 0.5) is 0 Å². The molecule has 2 amide bonds. The van der Waals surface area contributed by atoms with Crippen molar-refractivity contribution in [3.8, 4) is 0 Å². The van der Waals surface area contributed by atoms with E-state index in [0.29, 0.717) is 13.0 Å². The van der Waals surface area contributed by atoms with Crippen LogP contribution in [0.15, 0.2) is 0 Å². The fourth-order valence-electron chi connectivity index (χ4n) is 3.31. The van der Waals surface area contributed by atoms with Crippen LogP contribution < -0.4 is 5.32 Å². The summed E-state index contributed by atoms with van der Waals surface area (Å²) >= 11 is 0. The van der Waals surface area contributed by atoms with Crippen LogP contribution >= 0.6 is 0 Å². The molecule has 1 N–H and O–H groups in total. The first-order valence-corrected chi connectivity index (χ1v) is 10.2. The van der Waals surface area contributed by atoms with Crippen molar-refractivity contribution < 1.29 is 9.59 Å². The summed E-state index contributed by atoms with van der Waals surface area (Å²) < 4.78 is 0. The largest absolute Gasteiger partial charge is 0.356 e. The van der Waals surface area contributed by atoms with Crippen molar-refractivity contribution in [3.63, 3.8) is 0 Å². The van der Waals surface area contributed by atoms with E-state index >= 15 is 0 Å². The van der Waals surface area contributed by atoms with Crippen LogP contribution in [-0.4, -0.2) is 36.3 Å². The first-order chi connectivity index (χ1) is 11.7. The Morgan fingerprint density at radius 1 is 0.958 bits per heavy atom. The second-order valence-corrected chi connectivity index (χ2v) is 7.21. The van der Waals surface area contributed by atoms with Crippen LogP contribution in [-0.2, 0) is 9.59 Å². The number of hydrogen-bond donors (Lipinski definition) is 1. The van der Waals surface area contributed by atoms with Crippen molar-refractivity contribution in [1.29, 1.82) is 0 Å². The second-order valence-electron chi connectivity index (χ2n) is 7.21. The molecule has 0 aliphatic carbocycles. The molecule has 1 rings (SSSR count). The van der Waals surface area contributed by atoms with Crippen LogP contribution in [0.2, 0.25) is 0 Å². The van der Waals surface area contributed by atoms with E-state index in [2.05, 4.69) is 19.2 Å². The van der Waals surface area contributed by atoms with Gasteiger partial charge in [0.25, 0.3) is 0 Å². The van der Waals surface area contributed by atoms with E-state index in [1.54, 1.807) is 0 Å². The van der Waals surface area contributed by atoms with Crippen LogP contribution in [0.25, 0.3) is 0 Å². The van der Waals surface area contributed by atoms with E-state index in [4.69, 9.17) is 0 Å². The van der Waals surface area contributed by atoms with Gasteiger partial charge in [0.2, 0.25) is 11.8 Å². The summed E-state index contributed by atoms with van der Waals surface area (Å²) in [6, 6.07) is 0. The Labute approximate surface area is 148 Å². The van der Waals surface area contributed by atoms with E-state index < -0.39 is 0 Å². The zero-order valence-corrected chi connectivity index (χ0v) is 15.9. The highest BCUT2D eigenvalue weighted by Crippen LogP contribution is 2.19. The molecule has 1 fully saturated rings. The minimum Gasteiger partial charge on any atom is -0.356 e. The van der Waals surface area contributed by atoms with E-state index in [0.717, 1.165) is 32.4 Å². The van der Waals surface area contributed by atoms with Gasteiger partial charge in [-0.3, -0.25) is 9.59 Å². The topological polar surface area (TPSA) is 49.4 Å². The minimum absolute atomic E-state index is 0.0615. The summed E-state index contributed by atoms with van der Waals surface area (Å²) in [5, 5.41) is 2.95. The van der Waals surface area contributed by atoms with Gasteiger partial charge in [0, 0.05) is 26.1 Å². The molecule has 0 spiro atoms. The smallest absolute Gasteiger partial charge is 0.225 e. The van der Waals surface area contributed by atoms with Gasteiger partial charge in [0.15, 0.2) is 0 Å². The van der Waals surface area contributed by atoms with Crippen molar-refractivity contribution in [2.75, 3.05) is 19.6 Å². The maximum Gasteiger partial charge on any atom is 0.225 e. The first-order valence-electron chi connectivity index (χ1n) is 10.2. The molecule has 1 heterocycles. The van der Waals surface area contributed by atoms with E-state index in [1.807, 2.05) is 4.90 Å². The first kappa shape index (κ1) is 21.0. The number of carbonyl (C=O) groups excluding carboxylic acids is 2. The molecule has 1 aliphatic rings. The van der Waals surface area contributed by atoms with E-state index in [1.165, 1.54) is 51.4 Å². The Kier molecular flexibility index (Phi) is 11.6. The molecule has 4 nitrogen and oxygen atoms in total. The molecule has 0 saturated carbocycles. The maximum absolute atomic E-state index is 12.0. The molecule has 0 bridgehead atoms. The van der Waals surface area contributed by atoms with E-state index in [-0.39, 0.29) is 17.7 Å². The molecular weight excluding hydrogens is 300 g/mol. The van der Waals surface area contributed by atoms with Crippen LogP contribution in [0.3, 0.4) is 0 Å². The van der Waals surface area contributed by atoms with Crippen LogP contribution in [0, 0.1) is 5.92 Å². The molecule has 4 heteroatoms. The average molecular weight is 339 g/mol. The lowest BCUT2D eigenvalue weighted by Gasteiger charge is -2.16. The maximum atomic E-state index is 12.0. The SMILES string of the molecule is CCCCCCCCCCCN1CC(C(=O)NCCCC)CC1=O. The molecule has 1 saturated heterocycles. The number of rotatable bonds is 14. The summed E-state index contributed by atoms with van der Waals surface area (Å²) in [5.74, 6) is 0.0875. The van der Waals surface area contributed by atoms with Gasteiger partial charge in [0.1, 0.15) is 0 Å². The second kappa shape index (κ2) is 13.3. The average Bonchev–Trinajstić information content (AvgIpc) is 2.94. The Morgan fingerprint density at radius 2 is 1.54 bits per heavy atom. The van der Waals surface area contributed by atoms with Gasteiger partial charge in [-0.2, -0.15) is 0 Å². The summed E-state index contributed by atoms with van der Waals surface area (Å²) in [6.07, 6.45) is 14.1. The number of hydrogen-bond acceptors (Lipinski definition) is 2. The highest BCUT2D eigenvalue weighted by atomic mass is 16.2. The summed E-state index contributed by atoms with van der Waals surface area (Å²) in [5.41, 5.74) is 0. The van der Waals surface area contributed by atoms with Crippen molar-refractivity contribution in [1.82, 2.24) is 10.2 Å². The van der Waals surface area contributed by atoms with E-state index in [9.17, 15) is 9.59 Å². The fourth-order valence-corrected chi connectivity index (χ4v) is 3.31. The molecule has 1 aliphatic heterocycles. The zero-order valence-electron chi connectivity index (χ0n) is 15.9.